The predicted octanol–water partition coefficient (Wildman–Crippen LogP) is 3.90. The zero-order valence-electron chi connectivity index (χ0n) is 12.0. The van der Waals surface area contributed by atoms with Crippen molar-refractivity contribution in [1.29, 1.82) is 0 Å². The average Bonchev–Trinajstić information content (AvgIpc) is 2.26. The third kappa shape index (κ3) is 5.10. The van der Waals surface area contributed by atoms with Gasteiger partial charge in [0.2, 0.25) is 5.91 Å². The Labute approximate surface area is 107 Å². The van der Waals surface area contributed by atoms with Crippen molar-refractivity contribution in [2.45, 2.75) is 78.7 Å². The molecule has 0 heterocycles. The van der Waals surface area contributed by atoms with Crippen LogP contribution in [0.15, 0.2) is 0 Å². The lowest BCUT2D eigenvalue weighted by molar-refractivity contribution is -0.122. The SMILES string of the molecule is CCCCC(=O)NC1CCC(C(C)(C)C)CC1. The van der Waals surface area contributed by atoms with Crippen LogP contribution < -0.4 is 5.32 Å². The number of amides is 1. The van der Waals surface area contributed by atoms with Crippen LogP contribution in [0, 0.1) is 11.3 Å². The van der Waals surface area contributed by atoms with E-state index in [1.54, 1.807) is 0 Å². The molecule has 1 aliphatic rings. The number of rotatable bonds is 4. The van der Waals surface area contributed by atoms with Gasteiger partial charge in [0.15, 0.2) is 0 Å². The van der Waals surface area contributed by atoms with Crippen LogP contribution in [0.1, 0.15) is 72.6 Å². The number of hydrogen-bond donors (Lipinski definition) is 1. The standard InChI is InChI=1S/C15H29NO/c1-5-6-7-14(17)16-13-10-8-12(9-11-13)15(2,3)4/h12-13H,5-11H2,1-4H3,(H,16,17). The lowest BCUT2D eigenvalue weighted by atomic mass is 9.71. The van der Waals surface area contributed by atoms with E-state index in [1.807, 2.05) is 0 Å². The molecule has 0 saturated heterocycles. The van der Waals surface area contributed by atoms with Crippen LogP contribution in [0.5, 0.6) is 0 Å². The first-order valence-corrected chi connectivity index (χ1v) is 7.23. The molecule has 17 heavy (non-hydrogen) atoms. The Balaban J connectivity index is 2.25. The first-order valence-electron chi connectivity index (χ1n) is 7.23. The minimum atomic E-state index is 0.256. The molecule has 0 aromatic carbocycles. The molecule has 1 rings (SSSR count). The van der Waals surface area contributed by atoms with Gasteiger partial charge in [0.1, 0.15) is 0 Å². The molecular formula is C15H29NO. The maximum atomic E-state index is 11.6. The summed E-state index contributed by atoms with van der Waals surface area (Å²) in [5, 5.41) is 3.19. The van der Waals surface area contributed by atoms with Crippen LogP contribution in [0.3, 0.4) is 0 Å². The van der Waals surface area contributed by atoms with E-state index in [0.717, 1.165) is 18.8 Å². The molecule has 100 valence electrons. The minimum Gasteiger partial charge on any atom is -0.353 e. The van der Waals surface area contributed by atoms with Crippen molar-refractivity contribution >= 4 is 5.91 Å². The molecule has 2 nitrogen and oxygen atoms in total. The largest absolute Gasteiger partial charge is 0.353 e. The van der Waals surface area contributed by atoms with Gasteiger partial charge in [0.05, 0.1) is 0 Å². The Hall–Kier alpha value is -0.530. The van der Waals surface area contributed by atoms with Gasteiger partial charge in [-0.15, -0.1) is 0 Å². The minimum absolute atomic E-state index is 0.256. The van der Waals surface area contributed by atoms with Gasteiger partial charge >= 0.3 is 0 Å². The second-order valence-corrected chi connectivity index (χ2v) is 6.59. The summed E-state index contributed by atoms with van der Waals surface area (Å²) < 4.78 is 0. The summed E-state index contributed by atoms with van der Waals surface area (Å²) in [7, 11) is 0. The van der Waals surface area contributed by atoms with Crippen molar-refractivity contribution in [3.8, 4) is 0 Å². The van der Waals surface area contributed by atoms with E-state index < -0.39 is 0 Å². The highest BCUT2D eigenvalue weighted by molar-refractivity contribution is 5.76. The summed E-state index contributed by atoms with van der Waals surface area (Å²) in [4.78, 5) is 11.6. The molecule has 0 radical (unpaired) electrons. The Morgan fingerprint density at radius 1 is 1.18 bits per heavy atom. The smallest absolute Gasteiger partial charge is 0.220 e. The fourth-order valence-electron chi connectivity index (χ4n) is 2.74. The predicted molar refractivity (Wildman–Crippen MR) is 72.9 cm³/mol. The van der Waals surface area contributed by atoms with Gasteiger partial charge in [-0.25, -0.2) is 0 Å². The highest BCUT2D eigenvalue weighted by Crippen LogP contribution is 2.37. The molecule has 0 unspecified atom stereocenters. The second kappa shape index (κ2) is 6.42. The molecule has 1 N–H and O–H groups in total. The molecule has 1 aliphatic carbocycles. The molecule has 1 saturated carbocycles. The Morgan fingerprint density at radius 3 is 2.24 bits per heavy atom. The lowest BCUT2D eigenvalue weighted by Gasteiger charge is -2.37. The highest BCUT2D eigenvalue weighted by atomic mass is 16.1. The number of carbonyl (C=O) groups is 1. The third-order valence-corrected chi connectivity index (χ3v) is 4.07. The Kier molecular flexibility index (Phi) is 5.48. The number of nitrogens with one attached hydrogen (secondary N) is 1. The van der Waals surface area contributed by atoms with Gasteiger partial charge in [-0.2, -0.15) is 0 Å². The molecular weight excluding hydrogens is 210 g/mol. The monoisotopic (exact) mass is 239 g/mol. The van der Waals surface area contributed by atoms with Gasteiger partial charge in [-0.05, 0) is 43.4 Å². The van der Waals surface area contributed by atoms with Crippen LogP contribution in [0.25, 0.3) is 0 Å². The molecule has 1 fully saturated rings. The van der Waals surface area contributed by atoms with Crippen LogP contribution in [-0.2, 0) is 4.79 Å². The van der Waals surface area contributed by atoms with Gasteiger partial charge in [-0.3, -0.25) is 4.79 Å². The van der Waals surface area contributed by atoms with Crippen molar-refractivity contribution in [3.05, 3.63) is 0 Å². The second-order valence-electron chi connectivity index (χ2n) is 6.59. The number of hydrogen-bond acceptors (Lipinski definition) is 1. The third-order valence-electron chi connectivity index (χ3n) is 4.07. The molecule has 0 aromatic rings. The van der Waals surface area contributed by atoms with Crippen LogP contribution in [0.2, 0.25) is 0 Å². The maximum absolute atomic E-state index is 11.6. The van der Waals surface area contributed by atoms with Crippen molar-refractivity contribution in [3.63, 3.8) is 0 Å². The molecule has 0 aromatic heterocycles. The number of unbranched alkanes of at least 4 members (excludes halogenated alkanes) is 1. The van der Waals surface area contributed by atoms with Gasteiger partial charge in [0.25, 0.3) is 0 Å². The summed E-state index contributed by atoms with van der Waals surface area (Å²) >= 11 is 0. The van der Waals surface area contributed by atoms with Crippen LogP contribution in [0.4, 0.5) is 0 Å². The molecule has 0 aliphatic heterocycles. The van der Waals surface area contributed by atoms with Crippen molar-refractivity contribution in [1.82, 2.24) is 5.32 Å². The molecule has 0 atom stereocenters. The van der Waals surface area contributed by atoms with Crippen LogP contribution >= 0.6 is 0 Å². The quantitative estimate of drug-likeness (QED) is 0.792. The average molecular weight is 239 g/mol. The summed E-state index contributed by atoms with van der Waals surface area (Å²) in [5.74, 6) is 1.08. The van der Waals surface area contributed by atoms with Gasteiger partial charge in [-0.1, -0.05) is 34.1 Å². The summed E-state index contributed by atoms with van der Waals surface area (Å²) in [5.41, 5.74) is 0.428. The fourth-order valence-corrected chi connectivity index (χ4v) is 2.74. The van der Waals surface area contributed by atoms with E-state index in [-0.39, 0.29) is 5.91 Å². The van der Waals surface area contributed by atoms with E-state index in [1.165, 1.54) is 25.7 Å². The van der Waals surface area contributed by atoms with E-state index in [9.17, 15) is 4.79 Å². The van der Waals surface area contributed by atoms with Crippen LogP contribution in [-0.4, -0.2) is 11.9 Å². The lowest BCUT2D eigenvalue weighted by Crippen LogP contribution is -2.39. The molecule has 2 heteroatoms. The highest BCUT2D eigenvalue weighted by Gasteiger charge is 2.29. The fraction of sp³-hybridized carbons (Fsp3) is 0.933. The first kappa shape index (κ1) is 14.5. The molecule has 1 amide bonds. The summed E-state index contributed by atoms with van der Waals surface area (Å²) in [6, 6.07) is 0.443. The van der Waals surface area contributed by atoms with Crippen molar-refractivity contribution < 1.29 is 4.79 Å². The van der Waals surface area contributed by atoms with Gasteiger partial charge in [0, 0.05) is 12.5 Å². The Morgan fingerprint density at radius 2 is 1.76 bits per heavy atom. The molecule has 0 spiro atoms. The van der Waals surface area contributed by atoms with E-state index in [2.05, 4.69) is 33.0 Å². The zero-order valence-corrected chi connectivity index (χ0v) is 12.0. The molecule has 0 bridgehead atoms. The maximum Gasteiger partial charge on any atom is 0.220 e. The van der Waals surface area contributed by atoms with E-state index in [0.29, 0.717) is 17.9 Å². The normalized spacial score (nSPS) is 25.6. The number of carbonyl (C=O) groups excluding carboxylic acids is 1. The topological polar surface area (TPSA) is 29.1 Å². The van der Waals surface area contributed by atoms with Crippen molar-refractivity contribution in [2.24, 2.45) is 11.3 Å². The summed E-state index contributed by atoms with van der Waals surface area (Å²) in [6.07, 6.45) is 7.69. The van der Waals surface area contributed by atoms with Crippen molar-refractivity contribution in [2.75, 3.05) is 0 Å². The Bertz CT molecular complexity index is 234. The zero-order chi connectivity index (χ0) is 12.9. The first-order chi connectivity index (χ1) is 7.93. The van der Waals surface area contributed by atoms with Gasteiger partial charge < -0.3 is 5.32 Å². The van der Waals surface area contributed by atoms with E-state index >= 15 is 0 Å². The van der Waals surface area contributed by atoms with E-state index in [4.69, 9.17) is 0 Å². The summed E-state index contributed by atoms with van der Waals surface area (Å²) in [6.45, 7) is 9.12.